The molecule has 0 spiro atoms. The van der Waals surface area contributed by atoms with Crippen LogP contribution in [0.4, 0.5) is 10.5 Å². The van der Waals surface area contributed by atoms with Crippen LogP contribution < -0.4 is 14.8 Å². The minimum Gasteiger partial charge on any atom is -0.486 e. The first-order valence-electron chi connectivity index (χ1n) is 9.10. The summed E-state index contributed by atoms with van der Waals surface area (Å²) in [7, 11) is 1.69. The Morgan fingerprint density at radius 1 is 1.22 bits per heavy atom. The zero-order valence-electron chi connectivity index (χ0n) is 15.3. The molecule has 3 heterocycles. The van der Waals surface area contributed by atoms with Crippen molar-refractivity contribution in [3.05, 3.63) is 48.3 Å². The summed E-state index contributed by atoms with van der Waals surface area (Å²) in [6.07, 6.45) is 1.79. The molecule has 0 bridgehead atoms. The zero-order chi connectivity index (χ0) is 18.6. The third kappa shape index (κ3) is 3.83. The minimum absolute atomic E-state index is 0.133. The molecule has 27 heavy (non-hydrogen) atoms. The first-order valence-corrected chi connectivity index (χ1v) is 9.10. The number of hydrogen-bond donors (Lipinski definition) is 1. The summed E-state index contributed by atoms with van der Waals surface area (Å²) in [5, 5.41) is 2.96. The molecule has 2 atom stereocenters. The second kappa shape index (κ2) is 7.84. The summed E-state index contributed by atoms with van der Waals surface area (Å²) in [6, 6.07) is 11.2. The van der Waals surface area contributed by atoms with Gasteiger partial charge in [0.2, 0.25) is 0 Å². The second-order valence-electron chi connectivity index (χ2n) is 6.77. The molecule has 1 saturated heterocycles. The van der Waals surface area contributed by atoms with Crippen molar-refractivity contribution < 1.29 is 19.0 Å². The number of anilines is 1. The van der Waals surface area contributed by atoms with Crippen LogP contribution in [0.15, 0.2) is 42.6 Å². The molecule has 7 nitrogen and oxygen atoms in total. The molecule has 2 amide bonds. The largest absolute Gasteiger partial charge is 0.486 e. The van der Waals surface area contributed by atoms with E-state index in [1.54, 1.807) is 19.4 Å². The molecule has 1 fully saturated rings. The van der Waals surface area contributed by atoms with E-state index in [1.807, 2.05) is 35.2 Å². The maximum Gasteiger partial charge on any atom is 0.321 e. The first-order chi connectivity index (χ1) is 13.2. The molecule has 142 valence electrons. The Morgan fingerprint density at radius 2 is 2.07 bits per heavy atom. The van der Waals surface area contributed by atoms with Crippen LogP contribution in [0.25, 0.3) is 0 Å². The van der Waals surface area contributed by atoms with E-state index in [2.05, 4.69) is 10.3 Å². The molecule has 7 heteroatoms. The number of amides is 2. The van der Waals surface area contributed by atoms with Crippen molar-refractivity contribution in [1.82, 2.24) is 9.88 Å². The Labute approximate surface area is 158 Å². The second-order valence-corrected chi connectivity index (χ2v) is 6.77. The molecule has 1 aromatic carbocycles. The average Bonchev–Trinajstić information content (AvgIpc) is 3.13. The van der Waals surface area contributed by atoms with Gasteiger partial charge in [0.25, 0.3) is 0 Å². The van der Waals surface area contributed by atoms with E-state index in [-0.39, 0.29) is 17.9 Å². The van der Waals surface area contributed by atoms with Gasteiger partial charge in [0.05, 0.1) is 6.61 Å². The van der Waals surface area contributed by atoms with Gasteiger partial charge in [-0.1, -0.05) is 6.07 Å². The summed E-state index contributed by atoms with van der Waals surface area (Å²) in [4.78, 5) is 19.1. The standard InChI is InChI=1S/C20H23N3O4/c1-25-13-14-11-23(12-16(14)17-4-2-3-7-21-17)20(24)22-15-5-6-18-19(10-15)27-9-8-26-18/h2-7,10,14,16H,8-9,11-13H2,1H3,(H,22,24)/t14-,16+/m0/s1. The Balaban J connectivity index is 1.46. The van der Waals surface area contributed by atoms with Crippen LogP contribution in [-0.4, -0.2) is 55.9 Å². The number of methoxy groups -OCH3 is 1. The van der Waals surface area contributed by atoms with Crippen LogP contribution >= 0.6 is 0 Å². The van der Waals surface area contributed by atoms with Crippen molar-refractivity contribution in [2.75, 3.05) is 45.3 Å². The molecule has 0 aliphatic carbocycles. The third-order valence-corrected chi connectivity index (χ3v) is 4.97. The molecule has 0 unspecified atom stereocenters. The van der Waals surface area contributed by atoms with Crippen LogP contribution in [0, 0.1) is 5.92 Å². The summed E-state index contributed by atoms with van der Waals surface area (Å²) >= 11 is 0. The van der Waals surface area contributed by atoms with Gasteiger partial charge in [0, 0.05) is 55.7 Å². The first kappa shape index (κ1) is 17.6. The number of fused-ring (bicyclic) bond motifs is 1. The van der Waals surface area contributed by atoms with Gasteiger partial charge >= 0.3 is 6.03 Å². The van der Waals surface area contributed by atoms with Crippen molar-refractivity contribution in [3.63, 3.8) is 0 Å². The smallest absolute Gasteiger partial charge is 0.321 e. The number of nitrogens with one attached hydrogen (secondary N) is 1. The van der Waals surface area contributed by atoms with E-state index in [4.69, 9.17) is 14.2 Å². The molecule has 4 rings (SSSR count). The van der Waals surface area contributed by atoms with E-state index in [0.29, 0.717) is 50.1 Å². The highest BCUT2D eigenvalue weighted by Crippen LogP contribution is 2.34. The highest BCUT2D eigenvalue weighted by Gasteiger charge is 2.37. The van der Waals surface area contributed by atoms with E-state index < -0.39 is 0 Å². The monoisotopic (exact) mass is 369 g/mol. The number of urea groups is 1. The van der Waals surface area contributed by atoms with Gasteiger partial charge in [0.1, 0.15) is 13.2 Å². The Morgan fingerprint density at radius 3 is 2.85 bits per heavy atom. The van der Waals surface area contributed by atoms with E-state index in [9.17, 15) is 4.79 Å². The molecular formula is C20H23N3O4. The summed E-state index contributed by atoms with van der Waals surface area (Å²) < 4.78 is 16.5. The zero-order valence-corrected chi connectivity index (χ0v) is 15.3. The van der Waals surface area contributed by atoms with Gasteiger partial charge in [-0.2, -0.15) is 0 Å². The van der Waals surface area contributed by atoms with Crippen molar-refractivity contribution in [3.8, 4) is 11.5 Å². The highest BCUT2D eigenvalue weighted by atomic mass is 16.6. The quantitative estimate of drug-likeness (QED) is 0.897. The van der Waals surface area contributed by atoms with E-state index >= 15 is 0 Å². The lowest BCUT2D eigenvalue weighted by Gasteiger charge is -2.20. The summed E-state index contributed by atoms with van der Waals surface area (Å²) in [5.74, 6) is 1.74. The maximum absolute atomic E-state index is 12.8. The Bertz CT molecular complexity index is 799. The number of likely N-dealkylation sites (tertiary alicyclic amines) is 1. The lowest BCUT2D eigenvalue weighted by atomic mass is 9.93. The molecule has 0 radical (unpaired) electrons. The molecule has 2 aromatic rings. The van der Waals surface area contributed by atoms with Crippen LogP contribution in [0.3, 0.4) is 0 Å². The van der Waals surface area contributed by atoms with Crippen LogP contribution in [-0.2, 0) is 4.74 Å². The number of hydrogen-bond acceptors (Lipinski definition) is 5. The molecule has 1 N–H and O–H groups in total. The number of benzene rings is 1. The number of aromatic nitrogens is 1. The summed E-state index contributed by atoms with van der Waals surface area (Å²) in [6.45, 7) is 2.89. The fraction of sp³-hybridized carbons (Fsp3) is 0.400. The number of pyridine rings is 1. The predicted octanol–water partition coefficient (Wildman–Crippen LogP) is 2.75. The van der Waals surface area contributed by atoms with Gasteiger partial charge in [-0.25, -0.2) is 4.79 Å². The molecule has 1 aromatic heterocycles. The highest BCUT2D eigenvalue weighted by molar-refractivity contribution is 5.90. The van der Waals surface area contributed by atoms with Crippen LogP contribution in [0.2, 0.25) is 0 Å². The van der Waals surface area contributed by atoms with E-state index in [0.717, 1.165) is 5.69 Å². The fourth-order valence-electron chi connectivity index (χ4n) is 3.67. The van der Waals surface area contributed by atoms with Crippen molar-refractivity contribution in [1.29, 1.82) is 0 Å². The van der Waals surface area contributed by atoms with Gasteiger partial charge in [-0.15, -0.1) is 0 Å². The number of carbonyl (C=O) groups excluding carboxylic acids is 1. The van der Waals surface area contributed by atoms with Gasteiger partial charge in [0.15, 0.2) is 11.5 Å². The van der Waals surface area contributed by atoms with E-state index in [1.165, 1.54) is 0 Å². The average molecular weight is 369 g/mol. The van der Waals surface area contributed by atoms with Gasteiger partial charge in [-0.3, -0.25) is 4.98 Å². The van der Waals surface area contributed by atoms with Crippen LogP contribution in [0.1, 0.15) is 11.6 Å². The third-order valence-electron chi connectivity index (χ3n) is 4.97. The SMILES string of the molecule is COC[C@@H]1CN(C(=O)Nc2ccc3c(c2)OCCO3)C[C@H]1c1ccccn1. The lowest BCUT2D eigenvalue weighted by Crippen LogP contribution is -2.33. The predicted molar refractivity (Wildman–Crippen MR) is 100 cm³/mol. The molecule has 0 saturated carbocycles. The van der Waals surface area contributed by atoms with Gasteiger partial charge < -0.3 is 24.4 Å². The normalized spacial score (nSPS) is 21.1. The fourth-order valence-corrected chi connectivity index (χ4v) is 3.67. The van der Waals surface area contributed by atoms with Gasteiger partial charge in [-0.05, 0) is 24.3 Å². The van der Waals surface area contributed by atoms with Crippen molar-refractivity contribution >= 4 is 11.7 Å². The number of rotatable bonds is 4. The Hall–Kier alpha value is -2.80. The Kier molecular flexibility index (Phi) is 5.11. The molecule has 2 aliphatic heterocycles. The topological polar surface area (TPSA) is 72.9 Å². The van der Waals surface area contributed by atoms with Crippen molar-refractivity contribution in [2.45, 2.75) is 5.92 Å². The van der Waals surface area contributed by atoms with Crippen LogP contribution in [0.5, 0.6) is 11.5 Å². The maximum atomic E-state index is 12.8. The molecule has 2 aliphatic rings. The number of nitrogens with zero attached hydrogens (tertiary/aromatic N) is 2. The van der Waals surface area contributed by atoms with Crippen molar-refractivity contribution in [2.24, 2.45) is 5.92 Å². The summed E-state index contributed by atoms with van der Waals surface area (Å²) in [5.41, 5.74) is 1.68. The lowest BCUT2D eigenvalue weighted by molar-refractivity contribution is 0.148. The number of carbonyl (C=O) groups is 1. The minimum atomic E-state index is -0.133. The number of ether oxygens (including phenoxy) is 3. The molecular weight excluding hydrogens is 346 g/mol.